The van der Waals surface area contributed by atoms with E-state index in [0.29, 0.717) is 0 Å². The van der Waals surface area contributed by atoms with Gasteiger partial charge in [0.15, 0.2) is 0 Å². The maximum Gasteiger partial charge on any atom is 1.00 e. The summed E-state index contributed by atoms with van der Waals surface area (Å²) >= 11 is 0. The van der Waals surface area contributed by atoms with E-state index in [1.807, 2.05) is 18.2 Å². The first-order chi connectivity index (χ1) is 28.7. The van der Waals surface area contributed by atoms with Gasteiger partial charge in [-0.05, 0) is 31.2 Å². The predicted octanol–water partition coefficient (Wildman–Crippen LogP) is 13.2. The van der Waals surface area contributed by atoms with Gasteiger partial charge in [0, 0.05) is 0 Å². The summed E-state index contributed by atoms with van der Waals surface area (Å²) in [4.78, 5) is 0. The maximum atomic E-state index is 14.2. The number of hydrogen-bond donors (Lipinski definition) is 0. The number of rotatable bonds is 4. The van der Waals surface area contributed by atoms with Gasteiger partial charge < -0.3 is 0 Å². The van der Waals surface area contributed by atoms with Gasteiger partial charge in [-0.3, -0.25) is 0 Å². The Morgan fingerprint density at radius 2 is 0.415 bits per heavy atom. The second kappa shape index (κ2) is 18.1. The first-order valence-electron chi connectivity index (χ1n) is 17.0. The molecule has 0 fully saturated rings. The molecule has 0 aliphatic carbocycles. The van der Waals surface area contributed by atoms with E-state index in [4.69, 9.17) is 0 Å². The van der Waals surface area contributed by atoms with E-state index < -0.39 is 195 Å². The molecule has 0 aromatic heterocycles. The van der Waals surface area contributed by atoms with Crippen molar-refractivity contribution in [3.8, 4) is 0 Å². The summed E-state index contributed by atoms with van der Waals surface area (Å²) in [6.07, 6.45) is -54.8. The molecule has 0 radical (unpaired) electrons. The standard InChI is InChI=1S/C32H12BF24.C7H8.Ag/c34-25(35,36)13-1-14(26(37,38)39)6-21(5-13)33(22-7-15(27(40,41)42)2-16(8-22)28(43,44)45,23-9-17(29(46,47)48)3-18(10-23)30(49,50)51)24-11-19(31(52,53)54)4-20(12-24)32(55,56)57;1-7-5-3-2-4-6-7;/h1-12H;2-6H,1H3;/q-1;;+1. The van der Waals surface area contributed by atoms with Crippen molar-refractivity contribution in [1.29, 1.82) is 0 Å². The number of aryl methyl sites for hydroxylation is 1. The Morgan fingerprint density at radius 1 is 0.262 bits per heavy atom. The summed E-state index contributed by atoms with van der Waals surface area (Å²) in [7, 11) is 0. The zero-order valence-electron chi connectivity index (χ0n) is 31.3. The van der Waals surface area contributed by atoms with Crippen LogP contribution in [0, 0.1) is 6.92 Å². The van der Waals surface area contributed by atoms with Gasteiger partial charge in [0.05, 0.1) is 44.5 Å². The Labute approximate surface area is 364 Å². The molecule has 0 atom stereocenters. The Kier molecular flexibility index (Phi) is 15.2. The van der Waals surface area contributed by atoms with Crippen LogP contribution in [0.3, 0.4) is 0 Å². The molecule has 0 N–H and O–H groups in total. The summed E-state index contributed by atoms with van der Waals surface area (Å²) in [5.74, 6) is 0. The average molecular weight is 1060 g/mol. The van der Waals surface area contributed by atoms with Crippen LogP contribution in [-0.4, -0.2) is 6.15 Å². The van der Waals surface area contributed by atoms with Crippen LogP contribution in [0.1, 0.15) is 50.1 Å². The Hall–Kier alpha value is -4.77. The minimum absolute atomic E-state index is 0. The average Bonchev–Trinajstić information content (AvgIpc) is 3.12. The molecular formula is C39H20AgBF24. The number of halogens is 24. The molecule has 26 heteroatoms. The summed E-state index contributed by atoms with van der Waals surface area (Å²) in [5.41, 5.74) is -28.9. The molecule has 0 spiro atoms. The summed E-state index contributed by atoms with van der Waals surface area (Å²) in [5, 5.41) is 0. The van der Waals surface area contributed by atoms with Crippen molar-refractivity contribution in [2.24, 2.45) is 0 Å². The molecule has 0 heterocycles. The number of hydrogen-bond acceptors (Lipinski definition) is 0. The molecule has 0 aliphatic heterocycles. The molecule has 0 nitrogen and oxygen atoms in total. The minimum atomic E-state index is -6.13. The number of benzene rings is 5. The molecule has 0 saturated heterocycles. The van der Waals surface area contributed by atoms with E-state index in [1.165, 1.54) is 5.56 Å². The van der Waals surface area contributed by atoms with Crippen molar-refractivity contribution < 1.29 is 128 Å². The molecule has 0 unspecified atom stereocenters. The van der Waals surface area contributed by atoms with Crippen molar-refractivity contribution in [3.05, 3.63) is 153 Å². The molecule has 0 amide bonds. The quantitative estimate of drug-likeness (QED) is 0.124. The molecule has 358 valence electrons. The first kappa shape index (κ1) is 54.6. The minimum Gasteiger partial charge on any atom is -0.194 e. The van der Waals surface area contributed by atoms with E-state index >= 15 is 0 Å². The SMILES string of the molecule is Cc1ccccc1.FC(F)(F)c1cc([B-](c2cc(C(F)(F)F)cc(C(F)(F)F)c2)(c2cc(C(F)(F)F)cc(C(F)(F)F)c2)c2cc(C(F)(F)F)cc(C(F)(F)F)c2)cc(C(F)(F)F)c1.[Ag+]. The zero-order valence-corrected chi connectivity index (χ0v) is 32.7. The Balaban J connectivity index is 0.00000128. The van der Waals surface area contributed by atoms with Crippen molar-refractivity contribution in [1.82, 2.24) is 0 Å². The van der Waals surface area contributed by atoms with Gasteiger partial charge in [-0.25, -0.2) is 0 Å². The third kappa shape index (κ3) is 12.8. The van der Waals surface area contributed by atoms with Crippen molar-refractivity contribution in [2.45, 2.75) is 56.3 Å². The molecule has 0 bridgehead atoms. The second-order valence-electron chi connectivity index (χ2n) is 13.9. The van der Waals surface area contributed by atoms with E-state index in [2.05, 4.69) is 19.1 Å². The molecule has 0 saturated carbocycles. The van der Waals surface area contributed by atoms with Crippen molar-refractivity contribution in [3.63, 3.8) is 0 Å². The summed E-state index contributed by atoms with van der Waals surface area (Å²) in [6.45, 7) is 2.08. The van der Waals surface area contributed by atoms with Crippen LogP contribution >= 0.6 is 0 Å². The zero-order chi connectivity index (χ0) is 49.0. The normalized spacial score (nSPS) is 13.5. The topological polar surface area (TPSA) is 0 Å². The van der Waals surface area contributed by atoms with E-state index in [1.54, 1.807) is 0 Å². The first-order valence-corrected chi connectivity index (χ1v) is 17.0. The van der Waals surface area contributed by atoms with Gasteiger partial charge in [0.2, 0.25) is 0 Å². The van der Waals surface area contributed by atoms with E-state index in [9.17, 15) is 105 Å². The molecule has 5 aromatic carbocycles. The van der Waals surface area contributed by atoms with E-state index in [-0.39, 0.29) is 22.4 Å². The third-order valence-corrected chi connectivity index (χ3v) is 9.38. The largest absolute Gasteiger partial charge is 1.00 e. The van der Waals surface area contributed by atoms with Gasteiger partial charge in [-0.15, -0.1) is 0 Å². The van der Waals surface area contributed by atoms with Gasteiger partial charge in [-0.1, -0.05) is 84.4 Å². The van der Waals surface area contributed by atoms with E-state index in [0.717, 1.165) is 0 Å². The van der Waals surface area contributed by atoms with Crippen LogP contribution in [0.25, 0.3) is 0 Å². The monoisotopic (exact) mass is 1060 g/mol. The van der Waals surface area contributed by atoms with Gasteiger partial charge in [-0.2, -0.15) is 127 Å². The van der Waals surface area contributed by atoms with Crippen LogP contribution in [0.5, 0.6) is 0 Å². The van der Waals surface area contributed by atoms with Gasteiger partial charge in [0.1, 0.15) is 6.15 Å². The third-order valence-electron chi connectivity index (χ3n) is 9.38. The smallest absolute Gasteiger partial charge is 0.194 e. The molecule has 5 rings (SSSR count). The summed E-state index contributed by atoms with van der Waals surface area (Å²) in [6, 6.07) is 1.45. The Morgan fingerprint density at radius 3 is 0.523 bits per heavy atom. The van der Waals surface area contributed by atoms with Crippen LogP contribution in [0.15, 0.2) is 103 Å². The predicted molar refractivity (Wildman–Crippen MR) is 181 cm³/mol. The molecule has 5 aromatic rings. The fourth-order valence-electron chi connectivity index (χ4n) is 6.60. The van der Waals surface area contributed by atoms with Crippen LogP contribution in [0.2, 0.25) is 0 Å². The second-order valence-corrected chi connectivity index (χ2v) is 13.9. The maximum absolute atomic E-state index is 14.2. The fourth-order valence-corrected chi connectivity index (χ4v) is 6.60. The fraction of sp³-hybridized carbons (Fsp3) is 0.231. The van der Waals surface area contributed by atoms with Crippen LogP contribution in [-0.2, 0) is 71.8 Å². The molecule has 0 aliphatic rings. The van der Waals surface area contributed by atoms with Gasteiger partial charge >= 0.3 is 71.8 Å². The van der Waals surface area contributed by atoms with Crippen molar-refractivity contribution >= 4 is 28.0 Å². The molecular weight excluding hydrogens is 1040 g/mol. The van der Waals surface area contributed by atoms with Crippen LogP contribution < -0.4 is 21.9 Å². The molecule has 65 heavy (non-hydrogen) atoms. The summed E-state index contributed by atoms with van der Waals surface area (Å²) < 4.78 is 341. The Bertz CT molecular complexity index is 2010. The number of alkyl halides is 24. The van der Waals surface area contributed by atoms with Crippen molar-refractivity contribution in [2.75, 3.05) is 0 Å². The van der Waals surface area contributed by atoms with Gasteiger partial charge in [0.25, 0.3) is 0 Å². The van der Waals surface area contributed by atoms with Crippen LogP contribution in [0.4, 0.5) is 105 Å².